The molecule has 1 N–H and O–H groups in total. The first-order chi connectivity index (χ1) is 12.2. The average Bonchev–Trinajstić information content (AvgIpc) is 3.02. The van der Waals surface area contributed by atoms with Crippen molar-refractivity contribution in [3.05, 3.63) is 42.9 Å². The molecule has 0 bridgehead atoms. The largest absolute Gasteiger partial charge is 0.495 e. The highest BCUT2D eigenvalue weighted by Crippen LogP contribution is 2.24. The van der Waals surface area contributed by atoms with E-state index in [9.17, 15) is 4.79 Å². The van der Waals surface area contributed by atoms with Crippen LogP contribution >= 0.6 is 11.8 Å². The fraction of sp³-hybridized carbons (Fsp3) is 0.188. The Morgan fingerprint density at radius 3 is 2.88 bits per heavy atom. The minimum absolute atomic E-state index is 0.154. The molecule has 3 rings (SSSR count). The molecular formula is C16H16N6O2S. The Morgan fingerprint density at radius 2 is 2.12 bits per heavy atom. The van der Waals surface area contributed by atoms with E-state index in [0.29, 0.717) is 28.1 Å². The Balaban J connectivity index is 1.64. The first-order valence-electron chi connectivity index (χ1n) is 7.40. The van der Waals surface area contributed by atoms with Crippen molar-refractivity contribution in [1.29, 1.82) is 0 Å². The van der Waals surface area contributed by atoms with Crippen molar-refractivity contribution in [1.82, 2.24) is 24.7 Å². The van der Waals surface area contributed by atoms with Gasteiger partial charge in [-0.25, -0.2) is 4.98 Å². The lowest BCUT2D eigenvalue weighted by Gasteiger charge is -2.09. The van der Waals surface area contributed by atoms with Crippen molar-refractivity contribution in [2.24, 2.45) is 7.05 Å². The van der Waals surface area contributed by atoms with E-state index in [1.807, 2.05) is 19.2 Å². The van der Waals surface area contributed by atoms with Gasteiger partial charge < -0.3 is 14.6 Å². The molecule has 0 saturated heterocycles. The van der Waals surface area contributed by atoms with Crippen LogP contribution in [0.1, 0.15) is 0 Å². The van der Waals surface area contributed by atoms with Crippen molar-refractivity contribution < 1.29 is 9.53 Å². The maximum absolute atomic E-state index is 12.2. The summed E-state index contributed by atoms with van der Waals surface area (Å²) in [5, 5.41) is 11.7. The molecule has 0 atom stereocenters. The molecular weight excluding hydrogens is 340 g/mol. The first-order valence-corrected chi connectivity index (χ1v) is 8.39. The lowest BCUT2D eigenvalue weighted by Crippen LogP contribution is -2.15. The quantitative estimate of drug-likeness (QED) is 0.675. The van der Waals surface area contributed by atoms with Crippen LogP contribution in [0.15, 0.2) is 48.0 Å². The molecule has 0 aliphatic carbocycles. The van der Waals surface area contributed by atoms with Gasteiger partial charge in [-0.1, -0.05) is 23.9 Å². The summed E-state index contributed by atoms with van der Waals surface area (Å²) in [5.74, 6) is 1.26. The summed E-state index contributed by atoms with van der Waals surface area (Å²) in [7, 11) is 3.39. The summed E-state index contributed by atoms with van der Waals surface area (Å²) in [4.78, 5) is 20.4. The van der Waals surface area contributed by atoms with E-state index in [0.717, 1.165) is 0 Å². The zero-order valence-electron chi connectivity index (χ0n) is 13.7. The van der Waals surface area contributed by atoms with Gasteiger partial charge in [0.1, 0.15) is 11.4 Å². The van der Waals surface area contributed by atoms with Crippen LogP contribution in [0.4, 0.5) is 5.69 Å². The van der Waals surface area contributed by atoms with Crippen LogP contribution in [-0.2, 0) is 11.8 Å². The third-order valence-electron chi connectivity index (χ3n) is 3.34. The highest BCUT2D eigenvalue weighted by Gasteiger charge is 2.14. The number of anilines is 1. The van der Waals surface area contributed by atoms with E-state index in [2.05, 4.69) is 25.5 Å². The van der Waals surface area contributed by atoms with E-state index in [1.54, 1.807) is 42.4 Å². The van der Waals surface area contributed by atoms with Gasteiger partial charge in [0.25, 0.3) is 0 Å². The van der Waals surface area contributed by atoms with E-state index in [-0.39, 0.29) is 11.7 Å². The van der Waals surface area contributed by atoms with Gasteiger partial charge in [0.2, 0.25) is 5.91 Å². The average molecular weight is 356 g/mol. The minimum atomic E-state index is -0.154. The molecule has 9 heteroatoms. The normalized spacial score (nSPS) is 10.5. The summed E-state index contributed by atoms with van der Waals surface area (Å²) < 4.78 is 7.00. The second-order valence-electron chi connectivity index (χ2n) is 4.99. The molecule has 0 aliphatic heterocycles. The van der Waals surface area contributed by atoms with Gasteiger partial charge in [-0.05, 0) is 12.1 Å². The second kappa shape index (κ2) is 7.75. The van der Waals surface area contributed by atoms with Gasteiger partial charge in [0.05, 0.1) is 24.7 Å². The minimum Gasteiger partial charge on any atom is -0.495 e. The molecule has 0 spiro atoms. The number of methoxy groups -OCH3 is 1. The van der Waals surface area contributed by atoms with Crippen LogP contribution in [0.25, 0.3) is 11.5 Å². The van der Waals surface area contributed by atoms with Gasteiger partial charge in [-0.2, -0.15) is 0 Å². The standard InChI is InChI=1S/C16H16N6O2S/c1-22-15(12-9-17-7-8-18-12)20-21-16(22)25-10-14(23)19-11-5-3-4-6-13(11)24-2/h3-9H,10H2,1-2H3,(H,19,23). The Labute approximate surface area is 148 Å². The summed E-state index contributed by atoms with van der Waals surface area (Å²) in [6.07, 6.45) is 4.81. The highest BCUT2D eigenvalue weighted by atomic mass is 32.2. The van der Waals surface area contributed by atoms with Crippen LogP contribution in [0.5, 0.6) is 5.75 Å². The van der Waals surface area contributed by atoms with Crippen molar-refractivity contribution >= 4 is 23.4 Å². The maximum Gasteiger partial charge on any atom is 0.234 e. The second-order valence-corrected chi connectivity index (χ2v) is 5.94. The molecule has 8 nitrogen and oxygen atoms in total. The Morgan fingerprint density at radius 1 is 1.28 bits per heavy atom. The molecule has 3 aromatic rings. The van der Waals surface area contributed by atoms with Gasteiger partial charge in [-0.3, -0.25) is 9.78 Å². The summed E-state index contributed by atoms with van der Waals surface area (Å²) in [6.45, 7) is 0. The van der Waals surface area contributed by atoms with E-state index < -0.39 is 0 Å². The lowest BCUT2D eigenvalue weighted by atomic mass is 10.3. The summed E-state index contributed by atoms with van der Waals surface area (Å²) in [6, 6.07) is 7.26. The van der Waals surface area contributed by atoms with Crippen molar-refractivity contribution in [3.8, 4) is 17.3 Å². The van der Waals surface area contributed by atoms with Gasteiger partial charge in [0, 0.05) is 19.4 Å². The van der Waals surface area contributed by atoms with E-state index >= 15 is 0 Å². The number of carbonyl (C=O) groups excluding carboxylic acids is 1. The fourth-order valence-electron chi connectivity index (χ4n) is 2.14. The van der Waals surface area contributed by atoms with Crippen LogP contribution in [0.3, 0.4) is 0 Å². The number of ether oxygens (including phenoxy) is 1. The molecule has 25 heavy (non-hydrogen) atoms. The van der Waals surface area contributed by atoms with Crippen LogP contribution < -0.4 is 10.1 Å². The molecule has 0 saturated carbocycles. The molecule has 0 fully saturated rings. The molecule has 2 heterocycles. The predicted molar refractivity (Wildman–Crippen MR) is 94.4 cm³/mol. The fourth-order valence-corrected chi connectivity index (χ4v) is 2.85. The van der Waals surface area contributed by atoms with Crippen molar-refractivity contribution in [2.45, 2.75) is 5.16 Å². The van der Waals surface area contributed by atoms with E-state index in [4.69, 9.17) is 4.74 Å². The maximum atomic E-state index is 12.2. The molecule has 0 radical (unpaired) electrons. The van der Waals surface area contributed by atoms with Gasteiger partial charge in [0.15, 0.2) is 11.0 Å². The number of benzene rings is 1. The van der Waals surface area contributed by atoms with Crippen LogP contribution in [0.2, 0.25) is 0 Å². The molecule has 2 aromatic heterocycles. The predicted octanol–water partition coefficient (Wildman–Crippen LogP) is 2.01. The zero-order chi connectivity index (χ0) is 17.6. The number of thioether (sulfide) groups is 1. The number of rotatable bonds is 6. The number of nitrogens with zero attached hydrogens (tertiary/aromatic N) is 5. The van der Waals surface area contributed by atoms with Crippen molar-refractivity contribution in [2.75, 3.05) is 18.2 Å². The Hall–Kier alpha value is -2.94. The monoisotopic (exact) mass is 356 g/mol. The van der Waals surface area contributed by atoms with Gasteiger partial charge in [-0.15, -0.1) is 10.2 Å². The zero-order valence-corrected chi connectivity index (χ0v) is 14.5. The third-order valence-corrected chi connectivity index (χ3v) is 4.36. The number of hydrogen-bond donors (Lipinski definition) is 1. The number of amides is 1. The smallest absolute Gasteiger partial charge is 0.234 e. The van der Waals surface area contributed by atoms with Crippen LogP contribution in [0, 0.1) is 0 Å². The van der Waals surface area contributed by atoms with Gasteiger partial charge >= 0.3 is 0 Å². The molecule has 1 amide bonds. The number of para-hydroxylation sites is 2. The summed E-state index contributed by atoms with van der Waals surface area (Å²) >= 11 is 1.29. The van der Waals surface area contributed by atoms with E-state index in [1.165, 1.54) is 11.8 Å². The Bertz CT molecular complexity index is 868. The number of aromatic nitrogens is 5. The molecule has 1 aromatic carbocycles. The molecule has 0 aliphatic rings. The number of carbonyl (C=O) groups is 1. The Kier molecular flexibility index (Phi) is 5.24. The topological polar surface area (TPSA) is 94.8 Å². The number of nitrogens with one attached hydrogen (secondary N) is 1. The molecule has 128 valence electrons. The first kappa shape index (κ1) is 16.9. The molecule has 0 unspecified atom stereocenters. The number of hydrogen-bond acceptors (Lipinski definition) is 7. The summed E-state index contributed by atoms with van der Waals surface area (Å²) in [5.41, 5.74) is 1.26. The lowest BCUT2D eigenvalue weighted by molar-refractivity contribution is -0.113. The SMILES string of the molecule is COc1ccccc1NC(=O)CSc1nnc(-c2cnccn2)n1C. The third kappa shape index (κ3) is 3.94. The van der Waals surface area contributed by atoms with Crippen molar-refractivity contribution in [3.63, 3.8) is 0 Å². The highest BCUT2D eigenvalue weighted by molar-refractivity contribution is 7.99. The van der Waals surface area contributed by atoms with Crippen LogP contribution in [-0.4, -0.2) is 43.5 Å².